The maximum absolute atomic E-state index is 5.69. The zero-order chi connectivity index (χ0) is 10.7. The summed E-state index contributed by atoms with van der Waals surface area (Å²) >= 11 is 0. The third-order valence-electron chi connectivity index (χ3n) is 2.45. The highest BCUT2D eigenvalue weighted by Gasteiger charge is 2.02. The number of pyridine rings is 1. The van der Waals surface area contributed by atoms with E-state index in [1.165, 1.54) is 16.7 Å². The third-order valence-corrected chi connectivity index (χ3v) is 2.45. The molecule has 2 nitrogen and oxygen atoms in total. The second kappa shape index (κ2) is 7.28. The Morgan fingerprint density at radius 3 is 2.59 bits per heavy atom. The minimum Gasteiger partial charge on any atom is -0.326 e. The summed E-state index contributed by atoms with van der Waals surface area (Å²) in [6.45, 7) is 2.62. The first-order valence-electron chi connectivity index (χ1n) is 5.01. The minimum absolute atomic E-state index is 0. The molecule has 0 fully saturated rings. The average molecular weight is 271 g/mol. The zero-order valence-corrected chi connectivity index (χ0v) is 11.2. The van der Waals surface area contributed by atoms with Crippen molar-refractivity contribution in [3.05, 3.63) is 53.9 Å². The number of aryl methyl sites for hydroxylation is 1. The van der Waals surface area contributed by atoms with Crippen LogP contribution in [-0.2, 0) is 6.54 Å². The van der Waals surface area contributed by atoms with Crippen molar-refractivity contribution >= 4 is 24.8 Å². The van der Waals surface area contributed by atoms with Crippen LogP contribution in [0.15, 0.2) is 42.7 Å². The van der Waals surface area contributed by atoms with Gasteiger partial charge in [-0.3, -0.25) is 4.98 Å². The van der Waals surface area contributed by atoms with E-state index in [4.69, 9.17) is 5.73 Å². The molecule has 1 aromatic heterocycles. The summed E-state index contributed by atoms with van der Waals surface area (Å²) < 4.78 is 0. The molecule has 0 spiro atoms. The van der Waals surface area contributed by atoms with Crippen LogP contribution in [0.5, 0.6) is 0 Å². The van der Waals surface area contributed by atoms with E-state index >= 15 is 0 Å². The molecule has 0 bridgehead atoms. The van der Waals surface area contributed by atoms with Gasteiger partial charge in [0.15, 0.2) is 0 Å². The van der Waals surface area contributed by atoms with E-state index in [2.05, 4.69) is 36.2 Å². The van der Waals surface area contributed by atoms with Crippen LogP contribution in [0.25, 0.3) is 11.1 Å². The van der Waals surface area contributed by atoms with Crippen molar-refractivity contribution in [2.75, 3.05) is 0 Å². The first kappa shape index (κ1) is 15.9. The highest BCUT2D eigenvalue weighted by Crippen LogP contribution is 2.23. The maximum atomic E-state index is 5.69. The highest BCUT2D eigenvalue weighted by atomic mass is 35.5. The maximum Gasteiger partial charge on any atom is 0.0318 e. The summed E-state index contributed by atoms with van der Waals surface area (Å²) in [5.74, 6) is 0. The Hall–Kier alpha value is -1.09. The summed E-state index contributed by atoms with van der Waals surface area (Å²) in [4.78, 5) is 4.08. The van der Waals surface area contributed by atoms with Crippen LogP contribution in [-0.4, -0.2) is 4.98 Å². The molecule has 0 amide bonds. The third kappa shape index (κ3) is 3.70. The molecule has 0 unspecified atom stereocenters. The summed E-state index contributed by atoms with van der Waals surface area (Å²) in [6.07, 6.45) is 3.63. The van der Waals surface area contributed by atoms with Crippen LogP contribution >= 0.6 is 24.8 Å². The van der Waals surface area contributed by atoms with E-state index in [0.717, 1.165) is 5.56 Å². The summed E-state index contributed by atoms with van der Waals surface area (Å²) in [5.41, 5.74) is 10.4. The molecule has 1 heterocycles. The minimum atomic E-state index is 0. The lowest BCUT2D eigenvalue weighted by atomic mass is 10.0. The SMILES string of the molecule is Cc1cccc(-c2ccncc2CN)c1.Cl.Cl. The topological polar surface area (TPSA) is 38.9 Å². The Kier molecular flexibility index (Phi) is 6.81. The summed E-state index contributed by atoms with van der Waals surface area (Å²) in [5, 5.41) is 0. The fraction of sp³-hybridized carbons (Fsp3) is 0.154. The van der Waals surface area contributed by atoms with Crippen LogP contribution in [0.1, 0.15) is 11.1 Å². The van der Waals surface area contributed by atoms with Crippen LogP contribution < -0.4 is 5.73 Å². The molecule has 0 radical (unpaired) electrons. The fourth-order valence-electron chi connectivity index (χ4n) is 1.68. The van der Waals surface area contributed by atoms with Crippen LogP contribution in [0, 0.1) is 6.92 Å². The first-order valence-corrected chi connectivity index (χ1v) is 5.01. The van der Waals surface area contributed by atoms with E-state index in [1.807, 2.05) is 12.3 Å². The van der Waals surface area contributed by atoms with Crippen molar-refractivity contribution in [2.24, 2.45) is 5.73 Å². The Labute approximate surface area is 114 Å². The van der Waals surface area contributed by atoms with Gasteiger partial charge in [0.1, 0.15) is 0 Å². The lowest BCUT2D eigenvalue weighted by Crippen LogP contribution is -1.99. The highest BCUT2D eigenvalue weighted by molar-refractivity contribution is 5.85. The summed E-state index contributed by atoms with van der Waals surface area (Å²) in [6, 6.07) is 10.4. The molecule has 0 atom stereocenters. The molecule has 1 aromatic carbocycles. The number of nitrogens with zero attached hydrogens (tertiary/aromatic N) is 1. The molecule has 92 valence electrons. The Morgan fingerprint density at radius 1 is 1.18 bits per heavy atom. The van der Waals surface area contributed by atoms with Crippen molar-refractivity contribution < 1.29 is 0 Å². The molecule has 0 aliphatic rings. The van der Waals surface area contributed by atoms with E-state index in [9.17, 15) is 0 Å². The molecule has 2 aromatic rings. The molecular weight excluding hydrogens is 255 g/mol. The number of halogens is 2. The van der Waals surface area contributed by atoms with Gasteiger partial charge in [0.2, 0.25) is 0 Å². The molecule has 17 heavy (non-hydrogen) atoms. The lowest BCUT2D eigenvalue weighted by Gasteiger charge is -2.07. The summed E-state index contributed by atoms with van der Waals surface area (Å²) in [7, 11) is 0. The standard InChI is InChI=1S/C13H14N2.2ClH/c1-10-3-2-4-11(7-10)13-5-6-15-9-12(13)8-14;;/h2-7,9H,8,14H2,1H3;2*1H. The van der Waals surface area contributed by atoms with Crippen molar-refractivity contribution in [1.29, 1.82) is 0 Å². The van der Waals surface area contributed by atoms with Crippen molar-refractivity contribution in [3.8, 4) is 11.1 Å². The second-order valence-corrected chi connectivity index (χ2v) is 3.61. The van der Waals surface area contributed by atoms with Gasteiger partial charge in [-0.25, -0.2) is 0 Å². The monoisotopic (exact) mass is 270 g/mol. The normalized spacial score (nSPS) is 9.06. The molecule has 2 rings (SSSR count). The Bertz CT molecular complexity index is 472. The first-order chi connectivity index (χ1) is 7.31. The lowest BCUT2D eigenvalue weighted by molar-refractivity contribution is 1.05. The Balaban J connectivity index is 0.00000128. The van der Waals surface area contributed by atoms with Gasteiger partial charge in [0.05, 0.1) is 0 Å². The number of rotatable bonds is 2. The molecule has 0 saturated carbocycles. The van der Waals surface area contributed by atoms with E-state index < -0.39 is 0 Å². The number of hydrogen-bond donors (Lipinski definition) is 1. The Morgan fingerprint density at radius 2 is 1.94 bits per heavy atom. The zero-order valence-electron chi connectivity index (χ0n) is 9.59. The van der Waals surface area contributed by atoms with Gasteiger partial charge in [0, 0.05) is 18.9 Å². The number of benzene rings is 1. The predicted octanol–water partition coefficient (Wildman–Crippen LogP) is 3.36. The van der Waals surface area contributed by atoms with Crippen LogP contribution in [0.2, 0.25) is 0 Å². The van der Waals surface area contributed by atoms with Gasteiger partial charge in [-0.2, -0.15) is 0 Å². The molecule has 4 heteroatoms. The van der Waals surface area contributed by atoms with Crippen molar-refractivity contribution in [3.63, 3.8) is 0 Å². The van der Waals surface area contributed by atoms with Crippen molar-refractivity contribution in [1.82, 2.24) is 4.98 Å². The molecular formula is C13H16Cl2N2. The van der Waals surface area contributed by atoms with Crippen LogP contribution in [0.3, 0.4) is 0 Å². The van der Waals surface area contributed by atoms with Gasteiger partial charge in [-0.15, -0.1) is 24.8 Å². The van der Waals surface area contributed by atoms with Crippen LogP contribution in [0.4, 0.5) is 0 Å². The fourth-order valence-corrected chi connectivity index (χ4v) is 1.68. The largest absolute Gasteiger partial charge is 0.326 e. The van der Waals surface area contributed by atoms with E-state index in [-0.39, 0.29) is 24.8 Å². The van der Waals surface area contributed by atoms with Gasteiger partial charge in [-0.05, 0) is 29.7 Å². The average Bonchev–Trinajstić information content (AvgIpc) is 2.29. The second-order valence-electron chi connectivity index (χ2n) is 3.61. The number of nitrogens with two attached hydrogens (primary N) is 1. The molecule has 2 N–H and O–H groups in total. The molecule has 0 saturated heterocycles. The van der Waals surface area contributed by atoms with E-state index in [1.54, 1.807) is 6.20 Å². The van der Waals surface area contributed by atoms with Gasteiger partial charge in [-0.1, -0.05) is 29.8 Å². The molecule has 0 aliphatic carbocycles. The van der Waals surface area contributed by atoms with Gasteiger partial charge in [0.25, 0.3) is 0 Å². The van der Waals surface area contributed by atoms with Gasteiger partial charge < -0.3 is 5.73 Å². The quantitative estimate of drug-likeness (QED) is 0.909. The molecule has 0 aliphatic heterocycles. The van der Waals surface area contributed by atoms with Crippen molar-refractivity contribution in [2.45, 2.75) is 13.5 Å². The smallest absolute Gasteiger partial charge is 0.0318 e. The number of hydrogen-bond acceptors (Lipinski definition) is 2. The predicted molar refractivity (Wildman–Crippen MR) is 76.8 cm³/mol. The van der Waals surface area contributed by atoms with Gasteiger partial charge >= 0.3 is 0 Å². The van der Waals surface area contributed by atoms with E-state index in [0.29, 0.717) is 6.54 Å². The number of aromatic nitrogens is 1.